The molecule has 0 saturated heterocycles. The highest BCUT2D eigenvalue weighted by atomic mass is 32.2. The van der Waals surface area contributed by atoms with Crippen LogP contribution in [0.15, 0.2) is 0 Å². The van der Waals surface area contributed by atoms with Gasteiger partial charge in [0.25, 0.3) is 0 Å². The minimum Gasteiger partial charge on any atom is -0.269 e. The normalized spacial score (nSPS) is 11.5. The van der Waals surface area contributed by atoms with Gasteiger partial charge in [-0.2, -0.15) is 0 Å². The molecule has 0 rings (SSSR count). The van der Waals surface area contributed by atoms with Gasteiger partial charge in [0, 0.05) is 0 Å². The van der Waals surface area contributed by atoms with Gasteiger partial charge >= 0.3 is 0 Å². The van der Waals surface area contributed by atoms with E-state index in [1.165, 1.54) is 0 Å². The van der Waals surface area contributed by atoms with Gasteiger partial charge in [0.15, 0.2) is 10.0 Å². The fraction of sp³-hybridized carbons (Fsp3) is 1.00. The molecule has 1 N–H and O–H groups in total. The maximum atomic E-state index is 9.76. The lowest BCUT2D eigenvalue weighted by Gasteiger charge is -1.85. The minimum absolute atomic E-state index is 0.979. The monoisotopic (exact) mass is 105 g/mol. The molecule has 5 heteroatoms. The van der Waals surface area contributed by atoms with E-state index in [-0.39, 0.29) is 0 Å². The van der Waals surface area contributed by atoms with E-state index in [9.17, 15) is 8.42 Å². The van der Waals surface area contributed by atoms with E-state index < -0.39 is 10.0 Å². The Kier molecular flexibility index (Phi) is 1.61. The minimum atomic E-state index is -3.13. The highest BCUT2D eigenvalue weighted by Gasteiger charge is 1.88. The van der Waals surface area contributed by atoms with Crippen LogP contribution < -0.4 is 4.63 Å². The van der Waals surface area contributed by atoms with Crippen molar-refractivity contribution < 1.29 is 8.42 Å². The van der Waals surface area contributed by atoms with Gasteiger partial charge in [0.05, 0.1) is 6.26 Å². The van der Waals surface area contributed by atoms with Gasteiger partial charge in [-0.1, -0.05) is 0 Å². The molecule has 0 saturated carbocycles. The number of hydrogen-bond donors (Lipinski definition) is 1. The molecule has 0 heterocycles. The maximum absolute atomic E-state index is 9.76. The molecular weight excluding hydrogens is 101 g/mol. The molecule has 0 aliphatic carbocycles. The fourth-order valence-electron chi connectivity index (χ4n) is 0. The molecule has 6 heavy (non-hydrogen) atoms. The number of nitrogens with one attached hydrogen (secondary N) is 1. The average Bonchev–Trinajstić information content (AvgIpc) is 1.35. The Bertz CT molecular complexity index is 116. The van der Waals surface area contributed by atoms with E-state index >= 15 is 0 Å². The Morgan fingerprint density at radius 1 is 1.67 bits per heavy atom. The second kappa shape index (κ2) is 1.62. The van der Waals surface area contributed by atoms with Crippen LogP contribution >= 0.6 is 0 Å². The van der Waals surface area contributed by atoms with Gasteiger partial charge in [0.1, 0.15) is 0 Å². The van der Waals surface area contributed by atoms with Crippen molar-refractivity contribution >= 4 is 18.0 Å². The van der Waals surface area contributed by atoms with Crippen LogP contribution in [0.1, 0.15) is 0 Å². The van der Waals surface area contributed by atoms with E-state index in [0.717, 1.165) is 6.26 Å². The van der Waals surface area contributed by atoms with Crippen LogP contribution in [0.2, 0.25) is 0 Å². The van der Waals surface area contributed by atoms with Crippen molar-refractivity contribution in [2.45, 2.75) is 0 Å². The standard InChI is InChI=1S/CH4BNO2S/c1-6(4,5)3-2/h3H,1H3. The summed E-state index contributed by atoms with van der Waals surface area (Å²) in [5.74, 6) is 0. The van der Waals surface area contributed by atoms with Crippen LogP contribution in [0.4, 0.5) is 0 Å². The van der Waals surface area contributed by atoms with Crippen molar-refractivity contribution in [3.05, 3.63) is 0 Å². The molecule has 0 fully saturated rings. The van der Waals surface area contributed by atoms with E-state index in [1.807, 2.05) is 0 Å². The van der Waals surface area contributed by atoms with Gasteiger partial charge in [0.2, 0.25) is 7.98 Å². The van der Waals surface area contributed by atoms with Gasteiger partial charge < -0.3 is 0 Å². The summed E-state index contributed by atoms with van der Waals surface area (Å²) in [4.78, 5) is 0. The zero-order valence-electron chi connectivity index (χ0n) is 3.30. The molecule has 0 aromatic rings. The van der Waals surface area contributed by atoms with Crippen molar-refractivity contribution in [2.24, 2.45) is 0 Å². The Balaban J connectivity index is 3.85. The highest BCUT2D eigenvalue weighted by Crippen LogP contribution is 1.61. The first-order valence-electron chi connectivity index (χ1n) is 1.23. The summed E-state index contributed by atoms with van der Waals surface area (Å²) < 4.78 is 21.1. The summed E-state index contributed by atoms with van der Waals surface area (Å²) in [5, 5.41) is 0. The lowest BCUT2D eigenvalue weighted by molar-refractivity contribution is 0.600. The molecule has 0 aliphatic rings. The first-order chi connectivity index (χ1) is 2.56. The zero-order valence-corrected chi connectivity index (χ0v) is 4.12. The molecule has 0 aliphatic heterocycles. The summed E-state index contributed by atoms with van der Waals surface area (Å²) >= 11 is 0. The molecule has 0 spiro atoms. The molecule has 0 amide bonds. The highest BCUT2D eigenvalue weighted by molar-refractivity contribution is 7.89. The van der Waals surface area contributed by atoms with Crippen molar-refractivity contribution in [3.8, 4) is 0 Å². The third-order valence-corrected chi connectivity index (χ3v) is 0.642. The Morgan fingerprint density at radius 2 is 1.83 bits per heavy atom. The number of hydrogen-bond acceptors (Lipinski definition) is 2. The predicted octanol–water partition coefficient (Wildman–Crippen LogP) is -1.38. The van der Waals surface area contributed by atoms with Crippen molar-refractivity contribution in [2.75, 3.05) is 6.26 Å². The van der Waals surface area contributed by atoms with E-state index in [1.54, 1.807) is 4.63 Å². The second-order valence-corrected chi connectivity index (χ2v) is 2.67. The summed E-state index contributed by atoms with van der Waals surface area (Å²) in [7, 11) is 1.33. The molecule has 0 bridgehead atoms. The molecule has 2 radical (unpaired) electrons. The zero-order chi connectivity index (χ0) is 5.21. The van der Waals surface area contributed by atoms with Crippen LogP contribution in [0.25, 0.3) is 0 Å². The van der Waals surface area contributed by atoms with E-state index in [0.29, 0.717) is 0 Å². The third kappa shape index (κ3) is 3.97. The molecular formula is CH4BNO2S. The Morgan fingerprint density at radius 3 is 1.83 bits per heavy atom. The molecule has 0 aromatic carbocycles. The van der Waals surface area contributed by atoms with Crippen molar-refractivity contribution in [3.63, 3.8) is 0 Å². The predicted molar refractivity (Wildman–Crippen MR) is 23.7 cm³/mol. The average molecular weight is 105 g/mol. The van der Waals surface area contributed by atoms with Crippen LogP contribution in [0, 0.1) is 0 Å². The Hall–Kier alpha value is -0.0251. The maximum Gasteiger partial charge on any atom is 0.201 e. The van der Waals surface area contributed by atoms with Crippen LogP contribution in [-0.4, -0.2) is 22.7 Å². The third-order valence-electron chi connectivity index (χ3n) is 0.214. The first kappa shape index (κ1) is 5.97. The van der Waals surface area contributed by atoms with E-state index in [2.05, 4.69) is 7.98 Å². The largest absolute Gasteiger partial charge is 0.269 e. The van der Waals surface area contributed by atoms with Crippen molar-refractivity contribution in [1.29, 1.82) is 0 Å². The molecule has 34 valence electrons. The molecule has 0 unspecified atom stereocenters. The lowest BCUT2D eigenvalue weighted by Crippen LogP contribution is -2.17. The van der Waals surface area contributed by atoms with E-state index in [4.69, 9.17) is 0 Å². The topological polar surface area (TPSA) is 46.2 Å². The smallest absolute Gasteiger partial charge is 0.201 e. The molecule has 0 atom stereocenters. The lowest BCUT2D eigenvalue weighted by atomic mass is 10.5. The summed E-state index contributed by atoms with van der Waals surface area (Å²) in [5.41, 5.74) is 0. The van der Waals surface area contributed by atoms with Gasteiger partial charge in [-0.15, -0.1) is 0 Å². The SMILES string of the molecule is [B]NS(C)(=O)=O. The summed E-state index contributed by atoms with van der Waals surface area (Å²) in [6.45, 7) is 0. The van der Waals surface area contributed by atoms with Gasteiger partial charge in [-0.3, -0.25) is 4.63 Å². The second-order valence-electron chi connectivity index (χ2n) is 0.890. The Labute approximate surface area is 38.2 Å². The quantitative estimate of drug-likeness (QED) is 0.417. The van der Waals surface area contributed by atoms with Crippen LogP contribution in [-0.2, 0) is 10.0 Å². The first-order valence-corrected chi connectivity index (χ1v) is 3.13. The summed E-state index contributed by atoms with van der Waals surface area (Å²) in [6.07, 6.45) is 0.979. The summed E-state index contributed by atoms with van der Waals surface area (Å²) in [6, 6.07) is 0. The number of rotatable bonds is 1. The fourth-order valence-corrected chi connectivity index (χ4v) is 0. The van der Waals surface area contributed by atoms with Crippen LogP contribution in [0.5, 0.6) is 0 Å². The van der Waals surface area contributed by atoms with Crippen LogP contribution in [0.3, 0.4) is 0 Å². The number of sulfonamides is 1. The molecule has 0 aromatic heterocycles. The van der Waals surface area contributed by atoms with Crippen molar-refractivity contribution in [1.82, 2.24) is 4.63 Å². The van der Waals surface area contributed by atoms with Gasteiger partial charge in [-0.05, 0) is 0 Å². The van der Waals surface area contributed by atoms with Gasteiger partial charge in [-0.25, -0.2) is 8.42 Å². The molecule has 3 nitrogen and oxygen atoms in total.